The molecule has 2 rings (SSSR count). The van der Waals surface area contributed by atoms with Crippen molar-refractivity contribution in [1.29, 1.82) is 0 Å². The Labute approximate surface area is 140 Å². The van der Waals surface area contributed by atoms with Gasteiger partial charge in [-0.25, -0.2) is 4.79 Å². The van der Waals surface area contributed by atoms with Crippen LogP contribution in [0.4, 0.5) is 5.69 Å². The fraction of sp³-hybridized carbons (Fsp3) is 0.500. The molecule has 1 aliphatic rings. The molecule has 0 spiro atoms. The molecule has 2 atom stereocenters. The summed E-state index contributed by atoms with van der Waals surface area (Å²) in [5.74, 6) is -0.866. The lowest BCUT2D eigenvalue weighted by Crippen LogP contribution is -2.30. The predicted molar refractivity (Wildman–Crippen MR) is 85.8 cm³/mol. The molecule has 1 aromatic carbocycles. The number of halogens is 1. The molecule has 1 heterocycles. The average Bonchev–Trinajstić information content (AvgIpc) is 3.07. The maximum absolute atomic E-state index is 12.1. The number of carbonyl (C=O) groups excluding carboxylic acids is 2. The number of nitrogens with one attached hydrogen (secondary N) is 1. The van der Waals surface area contributed by atoms with Crippen molar-refractivity contribution >= 4 is 29.2 Å². The number of hydrogen-bond donors (Lipinski definition) is 1. The zero-order chi connectivity index (χ0) is 16.8. The predicted octanol–water partition coefficient (Wildman–Crippen LogP) is 2.65. The van der Waals surface area contributed by atoms with Crippen LogP contribution in [0.15, 0.2) is 18.2 Å². The van der Waals surface area contributed by atoms with Crippen LogP contribution in [-0.4, -0.2) is 44.4 Å². The summed E-state index contributed by atoms with van der Waals surface area (Å²) in [6.45, 7) is 2.81. The van der Waals surface area contributed by atoms with Gasteiger partial charge in [0, 0.05) is 12.3 Å². The summed E-state index contributed by atoms with van der Waals surface area (Å²) in [4.78, 5) is 23.7. The van der Waals surface area contributed by atoms with Gasteiger partial charge in [-0.1, -0.05) is 11.6 Å². The van der Waals surface area contributed by atoms with Gasteiger partial charge in [-0.05, 0) is 38.0 Å². The molecule has 0 radical (unpaired) electrons. The van der Waals surface area contributed by atoms with Gasteiger partial charge in [0.1, 0.15) is 6.10 Å². The standard InChI is InChI=1S/C16H20ClNO5/c1-10(23-9-12-4-3-7-22-12)15(19)18-11-5-6-14(17)13(8-11)16(20)21-2/h5-6,8,10,12H,3-4,7,9H2,1-2H3,(H,18,19)/t10-,12+/m0/s1. The lowest BCUT2D eigenvalue weighted by molar-refractivity contribution is -0.128. The van der Waals surface area contributed by atoms with Gasteiger partial charge >= 0.3 is 5.97 Å². The van der Waals surface area contributed by atoms with Crippen molar-refractivity contribution in [3.63, 3.8) is 0 Å². The highest BCUT2D eigenvalue weighted by Crippen LogP contribution is 2.21. The van der Waals surface area contributed by atoms with Crippen LogP contribution in [0.2, 0.25) is 5.02 Å². The molecule has 126 valence electrons. The number of rotatable bonds is 6. The Morgan fingerprint density at radius 1 is 1.48 bits per heavy atom. The van der Waals surface area contributed by atoms with E-state index in [0.717, 1.165) is 19.4 Å². The van der Waals surface area contributed by atoms with Crippen LogP contribution >= 0.6 is 11.6 Å². The van der Waals surface area contributed by atoms with Crippen molar-refractivity contribution in [3.8, 4) is 0 Å². The van der Waals surface area contributed by atoms with Gasteiger partial charge < -0.3 is 19.5 Å². The largest absolute Gasteiger partial charge is 0.465 e. The normalized spacial score (nSPS) is 18.5. The van der Waals surface area contributed by atoms with Gasteiger partial charge in [-0.3, -0.25) is 4.79 Å². The molecule has 1 aliphatic heterocycles. The van der Waals surface area contributed by atoms with E-state index in [4.69, 9.17) is 21.1 Å². The first-order valence-corrected chi connectivity index (χ1v) is 7.81. The van der Waals surface area contributed by atoms with E-state index in [2.05, 4.69) is 10.1 Å². The summed E-state index contributed by atoms with van der Waals surface area (Å²) in [6, 6.07) is 4.61. The molecule has 0 saturated carbocycles. The molecule has 7 heteroatoms. The van der Waals surface area contributed by atoms with E-state index in [0.29, 0.717) is 12.3 Å². The van der Waals surface area contributed by atoms with Crippen LogP contribution in [-0.2, 0) is 19.0 Å². The Balaban J connectivity index is 1.92. The fourth-order valence-electron chi connectivity index (χ4n) is 2.22. The Hall–Kier alpha value is -1.63. The minimum Gasteiger partial charge on any atom is -0.465 e. The van der Waals surface area contributed by atoms with E-state index >= 15 is 0 Å². The second kappa shape index (κ2) is 8.29. The number of benzene rings is 1. The molecular weight excluding hydrogens is 322 g/mol. The highest BCUT2D eigenvalue weighted by molar-refractivity contribution is 6.33. The third-order valence-electron chi connectivity index (χ3n) is 3.56. The third-order valence-corrected chi connectivity index (χ3v) is 3.89. The molecule has 0 aromatic heterocycles. The van der Waals surface area contributed by atoms with Crippen LogP contribution in [0.5, 0.6) is 0 Å². The van der Waals surface area contributed by atoms with Crippen LogP contribution in [0.25, 0.3) is 0 Å². The molecular formula is C16H20ClNO5. The fourth-order valence-corrected chi connectivity index (χ4v) is 2.41. The molecule has 23 heavy (non-hydrogen) atoms. The van der Waals surface area contributed by atoms with Crippen molar-refractivity contribution < 1.29 is 23.8 Å². The molecule has 1 fully saturated rings. The monoisotopic (exact) mass is 341 g/mol. The van der Waals surface area contributed by atoms with Gasteiger partial charge in [0.05, 0.1) is 30.4 Å². The second-order valence-corrected chi connectivity index (χ2v) is 5.69. The first-order valence-electron chi connectivity index (χ1n) is 7.43. The third kappa shape index (κ3) is 4.92. The molecule has 0 bridgehead atoms. The van der Waals surface area contributed by atoms with Crippen LogP contribution in [0, 0.1) is 0 Å². The lowest BCUT2D eigenvalue weighted by Gasteiger charge is -2.16. The van der Waals surface area contributed by atoms with E-state index in [1.807, 2.05) is 0 Å². The summed E-state index contributed by atoms with van der Waals surface area (Å²) in [6.07, 6.45) is 1.41. The molecule has 6 nitrogen and oxygen atoms in total. The van der Waals surface area contributed by atoms with Crippen LogP contribution in [0.3, 0.4) is 0 Å². The number of hydrogen-bond acceptors (Lipinski definition) is 5. The van der Waals surface area contributed by atoms with Gasteiger partial charge in [-0.2, -0.15) is 0 Å². The Kier molecular flexibility index (Phi) is 6.38. The smallest absolute Gasteiger partial charge is 0.339 e. The van der Waals surface area contributed by atoms with E-state index in [1.54, 1.807) is 13.0 Å². The molecule has 1 N–H and O–H groups in total. The Morgan fingerprint density at radius 2 is 2.26 bits per heavy atom. The Bertz CT molecular complexity index is 572. The second-order valence-electron chi connectivity index (χ2n) is 5.29. The first kappa shape index (κ1) is 17.7. The number of methoxy groups -OCH3 is 1. The molecule has 1 aromatic rings. The number of esters is 1. The maximum Gasteiger partial charge on any atom is 0.339 e. The molecule has 1 saturated heterocycles. The number of ether oxygens (including phenoxy) is 3. The zero-order valence-electron chi connectivity index (χ0n) is 13.1. The summed E-state index contributed by atoms with van der Waals surface area (Å²) in [7, 11) is 1.27. The van der Waals surface area contributed by atoms with Crippen molar-refractivity contribution in [2.45, 2.75) is 32.0 Å². The average molecular weight is 342 g/mol. The van der Waals surface area contributed by atoms with E-state index in [9.17, 15) is 9.59 Å². The topological polar surface area (TPSA) is 73.9 Å². The minimum absolute atomic E-state index is 0.0618. The van der Waals surface area contributed by atoms with Gasteiger partial charge in [-0.15, -0.1) is 0 Å². The Morgan fingerprint density at radius 3 is 2.91 bits per heavy atom. The summed E-state index contributed by atoms with van der Waals surface area (Å²) >= 11 is 5.94. The number of carbonyl (C=O) groups is 2. The summed E-state index contributed by atoms with van der Waals surface area (Å²) in [5, 5.41) is 2.95. The summed E-state index contributed by atoms with van der Waals surface area (Å²) in [5.41, 5.74) is 0.646. The highest BCUT2D eigenvalue weighted by atomic mass is 35.5. The quantitative estimate of drug-likeness (QED) is 0.805. The SMILES string of the molecule is COC(=O)c1cc(NC(=O)[C@H](C)OC[C@H]2CCCO2)ccc1Cl. The van der Waals surface area contributed by atoms with E-state index < -0.39 is 12.1 Å². The summed E-state index contributed by atoms with van der Waals surface area (Å²) < 4.78 is 15.6. The van der Waals surface area contributed by atoms with Gasteiger partial charge in [0.25, 0.3) is 5.91 Å². The van der Waals surface area contributed by atoms with Crippen LogP contribution < -0.4 is 5.32 Å². The lowest BCUT2D eigenvalue weighted by atomic mass is 10.2. The van der Waals surface area contributed by atoms with Crippen molar-refractivity contribution in [2.24, 2.45) is 0 Å². The number of amides is 1. The van der Waals surface area contributed by atoms with Gasteiger partial charge in [0.2, 0.25) is 0 Å². The van der Waals surface area contributed by atoms with Crippen molar-refractivity contribution in [1.82, 2.24) is 0 Å². The van der Waals surface area contributed by atoms with Gasteiger partial charge in [0.15, 0.2) is 0 Å². The minimum atomic E-state index is -0.628. The molecule has 1 amide bonds. The number of anilines is 1. The zero-order valence-corrected chi connectivity index (χ0v) is 13.9. The van der Waals surface area contributed by atoms with Crippen LogP contribution in [0.1, 0.15) is 30.1 Å². The maximum atomic E-state index is 12.1. The highest BCUT2D eigenvalue weighted by Gasteiger charge is 2.20. The van der Waals surface area contributed by atoms with E-state index in [-0.39, 0.29) is 22.6 Å². The van der Waals surface area contributed by atoms with Crippen molar-refractivity contribution in [2.75, 3.05) is 25.6 Å². The van der Waals surface area contributed by atoms with Crippen molar-refractivity contribution in [3.05, 3.63) is 28.8 Å². The molecule has 0 unspecified atom stereocenters. The molecule has 0 aliphatic carbocycles. The van der Waals surface area contributed by atoms with E-state index in [1.165, 1.54) is 19.2 Å². The first-order chi connectivity index (χ1) is 11.0.